The van der Waals surface area contributed by atoms with E-state index in [9.17, 15) is 9.59 Å². The van der Waals surface area contributed by atoms with Gasteiger partial charge in [-0.05, 0) is 24.6 Å². The predicted molar refractivity (Wildman–Crippen MR) is 84.5 cm³/mol. The van der Waals surface area contributed by atoms with E-state index in [4.69, 9.17) is 9.16 Å². The van der Waals surface area contributed by atoms with Crippen molar-refractivity contribution in [1.29, 1.82) is 0 Å². The number of carbonyl (C=O) groups excluding carboxylic acids is 2. The monoisotopic (exact) mass is 316 g/mol. The molecule has 0 aromatic carbocycles. The lowest BCUT2D eigenvalue weighted by Crippen LogP contribution is -2.41. The van der Waals surface area contributed by atoms with E-state index >= 15 is 0 Å². The minimum atomic E-state index is -1.91. The molecule has 0 amide bonds. The fraction of sp³-hybridized carbons (Fsp3) is 0.733. The van der Waals surface area contributed by atoms with Crippen LogP contribution < -0.4 is 0 Å². The first-order chi connectivity index (χ1) is 9.64. The molecule has 6 heteroatoms. The van der Waals surface area contributed by atoms with E-state index in [0.717, 1.165) is 6.29 Å². The highest BCUT2D eigenvalue weighted by Crippen LogP contribution is 2.36. The summed E-state index contributed by atoms with van der Waals surface area (Å²) in [5.41, 5.74) is 0. The summed E-state index contributed by atoms with van der Waals surface area (Å²) in [6.45, 7) is 11.3. The standard InChI is InChI=1S/C15H28O5Si/c1-15(2,3)21(5,6)20-12-13(11-14(17)18-4)19-10-8-7-9-16/h9,11H,7-8,10,12H2,1-6H3/b13-11-. The molecule has 0 aliphatic rings. The van der Waals surface area contributed by atoms with E-state index in [1.807, 2.05) is 0 Å². The van der Waals surface area contributed by atoms with Crippen molar-refractivity contribution in [3.05, 3.63) is 11.8 Å². The molecule has 0 N–H and O–H groups in total. The molecule has 0 saturated heterocycles. The molecule has 0 aliphatic heterocycles. The fourth-order valence-electron chi connectivity index (χ4n) is 1.15. The zero-order valence-electron chi connectivity index (χ0n) is 14.0. The van der Waals surface area contributed by atoms with E-state index in [2.05, 4.69) is 38.6 Å². The normalized spacial score (nSPS) is 13.0. The van der Waals surface area contributed by atoms with Gasteiger partial charge in [-0.25, -0.2) is 4.79 Å². The molecule has 0 atom stereocenters. The Morgan fingerprint density at radius 3 is 2.33 bits per heavy atom. The second-order valence-corrected chi connectivity index (χ2v) is 11.1. The Kier molecular flexibility index (Phi) is 8.50. The lowest BCUT2D eigenvalue weighted by Gasteiger charge is -2.36. The Balaban J connectivity index is 4.65. The zero-order valence-corrected chi connectivity index (χ0v) is 15.0. The maximum atomic E-state index is 11.4. The quantitative estimate of drug-likeness (QED) is 0.163. The summed E-state index contributed by atoms with van der Waals surface area (Å²) in [6, 6.07) is 0. The van der Waals surface area contributed by atoms with Gasteiger partial charge in [-0.2, -0.15) is 0 Å². The van der Waals surface area contributed by atoms with Crippen LogP contribution in [0.25, 0.3) is 0 Å². The highest BCUT2D eigenvalue weighted by atomic mass is 28.4. The lowest BCUT2D eigenvalue weighted by molar-refractivity contribution is -0.135. The number of methoxy groups -OCH3 is 1. The summed E-state index contributed by atoms with van der Waals surface area (Å²) >= 11 is 0. The van der Waals surface area contributed by atoms with Crippen molar-refractivity contribution in [3.63, 3.8) is 0 Å². The van der Waals surface area contributed by atoms with Gasteiger partial charge in [-0.15, -0.1) is 0 Å². The Morgan fingerprint density at radius 2 is 1.86 bits per heavy atom. The van der Waals surface area contributed by atoms with Crippen LogP contribution in [0.2, 0.25) is 18.1 Å². The van der Waals surface area contributed by atoms with Crippen molar-refractivity contribution >= 4 is 20.6 Å². The summed E-state index contributed by atoms with van der Waals surface area (Å²) in [5.74, 6) is -0.0307. The first-order valence-electron chi connectivity index (χ1n) is 7.13. The van der Waals surface area contributed by atoms with Crippen LogP contribution in [0.3, 0.4) is 0 Å². The molecule has 0 rings (SSSR count). The van der Waals surface area contributed by atoms with E-state index in [-0.39, 0.29) is 11.6 Å². The first-order valence-corrected chi connectivity index (χ1v) is 10.0. The molecule has 0 radical (unpaired) electrons. The Morgan fingerprint density at radius 1 is 1.24 bits per heavy atom. The maximum absolute atomic E-state index is 11.4. The molecule has 122 valence electrons. The van der Waals surface area contributed by atoms with E-state index in [1.165, 1.54) is 13.2 Å². The van der Waals surface area contributed by atoms with E-state index < -0.39 is 14.3 Å². The topological polar surface area (TPSA) is 61.8 Å². The van der Waals surface area contributed by atoms with Crippen LogP contribution in [0.15, 0.2) is 11.8 Å². The van der Waals surface area contributed by atoms with Gasteiger partial charge >= 0.3 is 5.97 Å². The van der Waals surface area contributed by atoms with Crippen molar-refractivity contribution in [1.82, 2.24) is 0 Å². The molecule has 0 saturated carbocycles. The average Bonchev–Trinajstić information content (AvgIpc) is 2.39. The molecule has 0 spiro atoms. The van der Waals surface area contributed by atoms with Gasteiger partial charge in [0.15, 0.2) is 8.32 Å². The van der Waals surface area contributed by atoms with E-state index in [0.29, 0.717) is 25.2 Å². The number of ether oxygens (including phenoxy) is 2. The first kappa shape index (κ1) is 19.9. The van der Waals surface area contributed by atoms with Crippen molar-refractivity contribution in [2.45, 2.75) is 51.7 Å². The highest BCUT2D eigenvalue weighted by molar-refractivity contribution is 6.74. The molecular formula is C15H28O5Si. The number of carbonyl (C=O) groups is 2. The third-order valence-electron chi connectivity index (χ3n) is 3.62. The van der Waals surface area contributed by atoms with Crippen molar-refractivity contribution in [2.75, 3.05) is 20.3 Å². The van der Waals surface area contributed by atoms with Crippen LogP contribution in [-0.4, -0.2) is 40.9 Å². The average molecular weight is 316 g/mol. The predicted octanol–water partition coefficient (Wildman–Crippen LogP) is 3.06. The second-order valence-electron chi connectivity index (χ2n) is 6.34. The molecule has 21 heavy (non-hydrogen) atoms. The number of aldehydes is 1. The van der Waals surface area contributed by atoms with Gasteiger partial charge in [-0.1, -0.05) is 20.8 Å². The Bertz CT molecular complexity index is 369. The van der Waals surface area contributed by atoms with Gasteiger partial charge in [-0.3, -0.25) is 0 Å². The molecule has 0 aromatic rings. The Hall–Kier alpha value is -1.14. The minimum absolute atomic E-state index is 0.0842. The number of hydrogen-bond donors (Lipinski definition) is 0. The van der Waals surface area contributed by atoms with Gasteiger partial charge in [0.2, 0.25) is 0 Å². The summed E-state index contributed by atoms with van der Waals surface area (Å²) < 4.78 is 16.2. The summed E-state index contributed by atoms with van der Waals surface area (Å²) in [6.07, 6.45) is 3.20. The number of hydrogen-bond acceptors (Lipinski definition) is 5. The summed E-state index contributed by atoms with van der Waals surface area (Å²) in [7, 11) is -0.595. The Labute approximate surface area is 128 Å². The highest BCUT2D eigenvalue weighted by Gasteiger charge is 2.37. The van der Waals surface area contributed by atoms with Gasteiger partial charge in [0.25, 0.3) is 0 Å². The molecule has 0 aliphatic carbocycles. The van der Waals surface area contributed by atoms with Crippen LogP contribution >= 0.6 is 0 Å². The van der Waals surface area contributed by atoms with Gasteiger partial charge in [0, 0.05) is 6.42 Å². The number of rotatable bonds is 9. The smallest absolute Gasteiger partial charge is 0.333 e. The summed E-state index contributed by atoms with van der Waals surface area (Å²) in [4.78, 5) is 21.6. The second kappa shape index (κ2) is 8.99. The largest absolute Gasteiger partial charge is 0.495 e. The SMILES string of the molecule is COC(=O)/C=C(/CO[Si](C)(C)C(C)(C)C)OCCCC=O. The molecular weight excluding hydrogens is 288 g/mol. The van der Waals surface area contributed by atoms with Crippen molar-refractivity contribution < 1.29 is 23.5 Å². The summed E-state index contributed by atoms with van der Waals surface area (Å²) in [5, 5.41) is 0.0842. The van der Waals surface area contributed by atoms with Gasteiger partial charge in [0.05, 0.1) is 26.4 Å². The third-order valence-corrected chi connectivity index (χ3v) is 8.09. The molecule has 0 unspecified atom stereocenters. The molecule has 0 heterocycles. The van der Waals surface area contributed by atoms with Crippen LogP contribution in [0.4, 0.5) is 0 Å². The van der Waals surface area contributed by atoms with Gasteiger partial charge in [0.1, 0.15) is 12.0 Å². The van der Waals surface area contributed by atoms with Crippen LogP contribution in [0, 0.1) is 0 Å². The molecule has 5 nitrogen and oxygen atoms in total. The van der Waals surface area contributed by atoms with Crippen molar-refractivity contribution in [3.8, 4) is 0 Å². The van der Waals surface area contributed by atoms with Crippen LogP contribution in [0.5, 0.6) is 0 Å². The molecule has 0 bridgehead atoms. The lowest BCUT2D eigenvalue weighted by atomic mass is 10.2. The maximum Gasteiger partial charge on any atom is 0.333 e. The van der Waals surface area contributed by atoms with E-state index in [1.54, 1.807) is 0 Å². The van der Waals surface area contributed by atoms with Crippen molar-refractivity contribution in [2.24, 2.45) is 0 Å². The third kappa shape index (κ3) is 8.01. The number of esters is 1. The van der Waals surface area contributed by atoms with Crippen LogP contribution in [0.1, 0.15) is 33.6 Å². The zero-order chi connectivity index (χ0) is 16.5. The number of unbranched alkanes of at least 4 members (excludes halogenated alkanes) is 1. The van der Waals surface area contributed by atoms with Crippen LogP contribution in [-0.2, 0) is 23.5 Å². The molecule has 0 aromatic heterocycles. The molecule has 0 fully saturated rings. The fourth-order valence-corrected chi connectivity index (χ4v) is 2.09. The minimum Gasteiger partial charge on any atom is -0.495 e. The van der Waals surface area contributed by atoms with Gasteiger partial charge < -0.3 is 18.7 Å².